The van der Waals surface area contributed by atoms with Gasteiger partial charge >= 0.3 is 0 Å². The van der Waals surface area contributed by atoms with Crippen molar-refractivity contribution >= 4 is 34.8 Å². The molecule has 0 saturated heterocycles. The molecule has 0 unspecified atom stereocenters. The zero-order valence-corrected chi connectivity index (χ0v) is 14.3. The van der Waals surface area contributed by atoms with E-state index in [0.717, 1.165) is 0 Å². The van der Waals surface area contributed by atoms with Crippen LogP contribution in [-0.2, 0) is 11.2 Å². The summed E-state index contributed by atoms with van der Waals surface area (Å²) < 4.78 is 18.0. The number of hydrogen-bond acceptors (Lipinski definition) is 4. The zero-order chi connectivity index (χ0) is 17.8. The van der Waals surface area contributed by atoms with Crippen molar-refractivity contribution in [3.8, 4) is 11.4 Å². The topological polar surface area (TPSA) is 68.0 Å². The number of para-hydroxylation sites is 1. The van der Waals surface area contributed by atoms with Gasteiger partial charge in [0.05, 0.1) is 15.7 Å². The van der Waals surface area contributed by atoms with Gasteiger partial charge in [0, 0.05) is 18.4 Å². The smallest absolute Gasteiger partial charge is 0.227 e. The summed E-state index contributed by atoms with van der Waals surface area (Å²) in [7, 11) is 0. The Hall–Kier alpha value is -2.44. The van der Waals surface area contributed by atoms with Crippen LogP contribution in [0.2, 0.25) is 10.0 Å². The van der Waals surface area contributed by atoms with Crippen LogP contribution in [0.1, 0.15) is 12.3 Å². The second-order valence-electron chi connectivity index (χ2n) is 5.16. The van der Waals surface area contributed by atoms with Crippen LogP contribution in [-0.4, -0.2) is 16.0 Å². The Balaban J connectivity index is 1.60. The first kappa shape index (κ1) is 17.4. The molecule has 1 amide bonds. The first-order chi connectivity index (χ1) is 12.0. The van der Waals surface area contributed by atoms with Crippen molar-refractivity contribution < 1.29 is 13.7 Å². The van der Waals surface area contributed by atoms with Crippen molar-refractivity contribution in [1.29, 1.82) is 0 Å². The van der Waals surface area contributed by atoms with E-state index in [2.05, 4.69) is 15.5 Å². The molecule has 1 N–H and O–H groups in total. The minimum atomic E-state index is -0.345. The van der Waals surface area contributed by atoms with E-state index >= 15 is 0 Å². The molecule has 0 fully saturated rings. The normalized spacial score (nSPS) is 10.7. The molecule has 5 nitrogen and oxygen atoms in total. The van der Waals surface area contributed by atoms with Gasteiger partial charge in [0.15, 0.2) is 0 Å². The highest BCUT2D eigenvalue weighted by atomic mass is 35.5. The Bertz CT molecular complexity index is 877. The molecule has 3 aromatic rings. The van der Waals surface area contributed by atoms with E-state index in [1.54, 1.807) is 30.3 Å². The van der Waals surface area contributed by atoms with Gasteiger partial charge in [-0.25, -0.2) is 4.39 Å². The lowest BCUT2D eigenvalue weighted by Crippen LogP contribution is -2.13. The summed E-state index contributed by atoms with van der Waals surface area (Å²) in [5, 5.41) is 7.20. The lowest BCUT2D eigenvalue weighted by atomic mass is 10.2. The summed E-state index contributed by atoms with van der Waals surface area (Å²) in [6.07, 6.45) is 0.370. The predicted molar refractivity (Wildman–Crippen MR) is 93.1 cm³/mol. The zero-order valence-electron chi connectivity index (χ0n) is 12.8. The van der Waals surface area contributed by atoms with Gasteiger partial charge in [-0.2, -0.15) is 4.98 Å². The van der Waals surface area contributed by atoms with Crippen molar-refractivity contribution in [3.63, 3.8) is 0 Å². The highest BCUT2D eigenvalue weighted by molar-refractivity contribution is 6.39. The number of benzene rings is 2. The summed E-state index contributed by atoms with van der Waals surface area (Å²) in [5.74, 6) is 0.0168. The van der Waals surface area contributed by atoms with Crippen LogP contribution < -0.4 is 5.32 Å². The van der Waals surface area contributed by atoms with Crippen LogP contribution in [0.25, 0.3) is 11.4 Å². The van der Waals surface area contributed by atoms with Crippen molar-refractivity contribution in [3.05, 3.63) is 64.2 Å². The summed E-state index contributed by atoms with van der Waals surface area (Å²) in [6.45, 7) is 0. The third-order valence-electron chi connectivity index (χ3n) is 3.36. The summed E-state index contributed by atoms with van der Waals surface area (Å²) in [6, 6.07) is 10.7. The Morgan fingerprint density at radius 2 is 1.80 bits per heavy atom. The number of carbonyl (C=O) groups excluding carboxylic acids is 1. The number of amides is 1. The Morgan fingerprint density at radius 3 is 2.48 bits per heavy atom. The average molecular weight is 380 g/mol. The number of anilines is 1. The molecule has 0 atom stereocenters. The molecule has 25 heavy (non-hydrogen) atoms. The van der Waals surface area contributed by atoms with E-state index in [0.29, 0.717) is 33.0 Å². The molecule has 0 bridgehead atoms. The highest BCUT2D eigenvalue weighted by Crippen LogP contribution is 2.29. The molecule has 2 aromatic carbocycles. The minimum absolute atomic E-state index is 0.118. The minimum Gasteiger partial charge on any atom is -0.339 e. The fourth-order valence-corrected chi connectivity index (χ4v) is 2.60. The molecule has 8 heteroatoms. The summed E-state index contributed by atoms with van der Waals surface area (Å²) in [5.41, 5.74) is 0.997. The van der Waals surface area contributed by atoms with Gasteiger partial charge in [-0.15, -0.1) is 0 Å². The maximum absolute atomic E-state index is 12.9. The fourth-order valence-electron chi connectivity index (χ4n) is 2.11. The molecule has 1 aromatic heterocycles. The van der Waals surface area contributed by atoms with Crippen LogP contribution in [0.5, 0.6) is 0 Å². The second kappa shape index (κ2) is 7.63. The van der Waals surface area contributed by atoms with E-state index < -0.39 is 0 Å². The standard InChI is InChI=1S/C17H12Cl2FN3O2/c18-12-2-1-3-13(19)16(12)21-14(24)8-9-15-22-17(23-25-15)10-4-6-11(20)7-5-10/h1-7H,8-9H2,(H,21,24). The van der Waals surface area contributed by atoms with Crippen molar-refractivity contribution in [2.75, 3.05) is 5.32 Å². The number of aryl methyl sites for hydroxylation is 1. The van der Waals surface area contributed by atoms with Crippen LogP contribution in [0.4, 0.5) is 10.1 Å². The SMILES string of the molecule is O=C(CCc1nc(-c2ccc(F)cc2)no1)Nc1c(Cl)cccc1Cl. The van der Waals surface area contributed by atoms with Crippen molar-refractivity contribution in [1.82, 2.24) is 10.1 Å². The van der Waals surface area contributed by atoms with E-state index in [-0.39, 0.29) is 24.6 Å². The van der Waals surface area contributed by atoms with Crippen molar-refractivity contribution in [2.45, 2.75) is 12.8 Å². The first-order valence-electron chi connectivity index (χ1n) is 7.35. The first-order valence-corrected chi connectivity index (χ1v) is 8.11. The lowest BCUT2D eigenvalue weighted by molar-refractivity contribution is -0.116. The molecule has 0 aliphatic rings. The number of hydrogen-bond donors (Lipinski definition) is 1. The van der Waals surface area contributed by atoms with Gasteiger partial charge in [0.1, 0.15) is 5.82 Å². The Morgan fingerprint density at radius 1 is 1.12 bits per heavy atom. The summed E-state index contributed by atoms with van der Waals surface area (Å²) in [4.78, 5) is 16.2. The third-order valence-corrected chi connectivity index (χ3v) is 3.99. The summed E-state index contributed by atoms with van der Waals surface area (Å²) >= 11 is 12.0. The van der Waals surface area contributed by atoms with Crippen molar-refractivity contribution in [2.24, 2.45) is 0 Å². The molecule has 0 saturated carbocycles. The molecule has 1 heterocycles. The molecule has 0 aliphatic heterocycles. The van der Waals surface area contributed by atoms with Crippen LogP contribution in [0.3, 0.4) is 0 Å². The molecular weight excluding hydrogens is 368 g/mol. The number of halogens is 3. The maximum atomic E-state index is 12.9. The largest absolute Gasteiger partial charge is 0.339 e. The monoisotopic (exact) mass is 379 g/mol. The van der Waals surface area contributed by atoms with E-state index in [9.17, 15) is 9.18 Å². The Kier molecular flexibility index (Phi) is 5.31. The molecule has 128 valence electrons. The molecule has 0 aliphatic carbocycles. The van der Waals surface area contributed by atoms with Gasteiger partial charge in [-0.1, -0.05) is 34.4 Å². The van der Waals surface area contributed by atoms with E-state index in [4.69, 9.17) is 27.7 Å². The van der Waals surface area contributed by atoms with E-state index in [1.165, 1.54) is 12.1 Å². The molecule has 0 spiro atoms. The molecule has 3 rings (SSSR count). The van der Waals surface area contributed by atoms with Gasteiger partial charge in [0.2, 0.25) is 17.6 Å². The Labute approximate surface area is 152 Å². The number of nitrogens with one attached hydrogen (secondary N) is 1. The molecule has 0 radical (unpaired) electrons. The second-order valence-corrected chi connectivity index (χ2v) is 5.98. The van der Waals surface area contributed by atoms with Gasteiger partial charge in [-0.3, -0.25) is 4.79 Å². The van der Waals surface area contributed by atoms with Crippen LogP contribution in [0, 0.1) is 5.82 Å². The average Bonchev–Trinajstić information content (AvgIpc) is 3.06. The number of rotatable bonds is 5. The van der Waals surface area contributed by atoms with Gasteiger partial charge in [0.25, 0.3) is 0 Å². The van der Waals surface area contributed by atoms with E-state index in [1.807, 2.05) is 0 Å². The van der Waals surface area contributed by atoms with Crippen LogP contribution in [0.15, 0.2) is 47.0 Å². The lowest BCUT2D eigenvalue weighted by Gasteiger charge is -2.08. The fraction of sp³-hybridized carbons (Fsp3) is 0.118. The van der Waals surface area contributed by atoms with Crippen LogP contribution >= 0.6 is 23.2 Å². The molecular formula is C17H12Cl2FN3O2. The highest BCUT2D eigenvalue weighted by Gasteiger charge is 2.13. The maximum Gasteiger partial charge on any atom is 0.227 e. The third kappa shape index (κ3) is 4.35. The number of carbonyl (C=O) groups is 1. The van der Waals surface area contributed by atoms with Gasteiger partial charge in [-0.05, 0) is 36.4 Å². The predicted octanol–water partition coefficient (Wildman–Crippen LogP) is 4.75. The number of aromatic nitrogens is 2. The quantitative estimate of drug-likeness (QED) is 0.694. The van der Waals surface area contributed by atoms with Gasteiger partial charge < -0.3 is 9.84 Å². The number of nitrogens with zero attached hydrogens (tertiary/aromatic N) is 2.